The third-order valence-corrected chi connectivity index (χ3v) is 5.60. The molecule has 2 aliphatic heterocycles. The van der Waals surface area contributed by atoms with Crippen LogP contribution in [0.5, 0.6) is 0 Å². The number of guanidine groups is 1. The highest BCUT2D eigenvalue weighted by Crippen LogP contribution is 2.23. The van der Waals surface area contributed by atoms with Crippen molar-refractivity contribution in [2.45, 2.75) is 26.7 Å². The minimum absolute atomic E-state index is 0.0593. The van der Waals surface area contributed by atoms with Crippen LogP contribution in [0.25, 0.3) is 17.1 Å². The van der Waals surface area contributed by atoms with Crippen molar-refractivity contribution in [3.63, 3.8) is 0 Å². The fourth-order valence-corrected chi connectivity index (χ4v) is 4.01. The Labute approximate surface area is 169 Å². The SMILES string of the molecule is CCN(CC)C(=O)C1CCCN(C2=N/C(=C/c3c[nH]c4ncccc34)C(=O)N2)C1. The molecule has 2 aromatic rings. The summed E-state index contributed by atoms with van der Waals surface area (Å²) in [5, 5.41) is 3.81. The lowest BCUT2D eigenvalue weighted by Crippen LogP contribution is -2.49. The number of rotatable bonds is 4. The van der Waals surface area contributed by atoms with Gasteiger partial charge in [-0.3, -0.25) is 14.9 Å². The predicted octanol–water partition coefficient (Wildman–Crippen LogP) is 1.97. The van der Waals surface area contributed by atoms with E-state index < -0.39 is 0 Å². The second-order valence-corrected chi connectivity index (χ2v) is 7.36. The van der Waals surface area contributed by atoms with Crippen LogP contribution in [0.2, 0.25) is 0 Å². The number of piperidine rings is 1. The Hall–Kier alpha value is -3.16. The van der Waals surface area contributed by atoms with E-state index in [4.69, 9.17) is 0 Å². The molecular formula is C21H26N6O2. The molecule has 1 fully saturated rings. The molecule has 1 atom stereocenters. The minimum atomic E-state index is -0.226. The van der Waals surface area contributed by atoms with Gasteiger partial charge in [0.05, 0.1) is 5.92 Å². The largest absolute Gasteiger partial charge is 0.346 e. The van der Waals surface area contributed by atoms with Gasteiger partial charge in [-0.2, -0.15) is 0 Å². The lowest BCUT2D eigenvalue weighted by molar-refractivity contribution is -0.136. The number of aromatic amines is 1. The van der Waals surface area contributed by atoms with Gasteiger partial charge in [0.15, 0.2) is 0 Å². The molecule has 0 spiro atoms. The van der Waals surface area contributed by atoms with Crippen LogP contribution in [0, 0.1) is 5.92 Å². The van der Waals surface area contributed by atoms with Crippen molar-refractivity contribution in [3.05, 3.63) is 35.8 Å². The summed E-state index contributed by atoms with van der Waals surface area (Å²) >= 11 is 0. The number of pyridine rings is 1. The van der Waals surface area contributed by atoms with E-state index in [-0.39, 0.29) is 17.7 Å². The Morgan fingerprint density at radius 2 is 2.21 bits per heavy atom. The minimum Gasteiger partial charge on any atom is -0.346 e. The van der Waals surface area contributed by atoms with Gasteiger partial charge in [-0.05, 0) is 44.9 Å². The second-order valence-electron chi connectivity index (χ2n) is 7.36. The van der Waals surface area contributed by atoms with Gasteiger partial charge in [0, 0.05) is 49.5 Å². The summed E-state index contributed by atoms with van der Waals surface area (Å²) in [5.74, 6) is 0.439. The Morgan fingerprint density at radius 1 is 1.38 bits per heavy atom. The number of aromatic nitrogens is 2. The van der Waals surface area contributed by atoms with Crippen molar-refractivity contribution < 1.29 is 9.59 Å². The van der Waals surface area contributed by atoms with Crippen molar-refractivity contribution >= 4 is 34.9 Å². The van der Waals surface area contributed by atoms with Crippen LogP contribution in [-0.2, 0) is 9.59 Å². The van der Waals surface area contributed by atoms with Crippen LogP contribution in [-0.4, -0.2) is 63.7 Å². The molecule has 152 valence electrons. The van der Waals surface area contributed by atoms with Crippen LogP contribution in [0.3, 0.4) is 0 Å². The molecule has 2 aliphatic rings. The molecule has 2 N–H and O–H groups in total. The van der Waals surface area contributed by atoms with Gasteiger partial charge < -0.3 is 14.8 Å². The topological polar surface area (TPSA) is 93.7 Å². The molecule has 2 aromatic heterocycles. The van der Waals surface area contributed by atoms with Crippen LogP contribution in [0.15, 0.2) is 35.2 Å². The maximum atomic E-state index is 12.7. The van der Waals surface area contributed by atoms with E-state index in [1.54, 1.807) is 12.3 Å². The van der Waals surface area contributed by atoms with E-state index in [0.29, 0.717) is 18.2 Å². The Balaban J connectivity index is 1.53. The zero-order valence-corrected chi connectivity index (χ0v) is 16.8. The molecule has 4 heterocycles. The number of hydrogen-bond acceptors (Lipinski definition) is 5. The number of nitrogens with zero attached hydrogens (tertiary/aromatic N) is 4. The molecule has 0 aromatic carbocycles. The summed E-state index contributed by atoms with van der Waals surface area (Å²) in [6.07, 6.45) is 7.09. The van der Waals surface area contributed by atoms with Gasteiger partial charge in [0.1, 0.15) is 11.3 Å². The standard InChI is InChI=1S/C21H26N6O2/c1-3-26(4-2)20(29)14-7-6-10-27(13-14)21-24-17(19(28)25-21)11-15-12-23-18-16(15)8-5-9-22-18/h5,8-9,11-12,14H,3-4,6-7,10,13H2,1-2H3,(H,22,23)(H,24,25,28)/b17-11+. The summed E-state index contributed by atoms with van der Waals surface area (Å²) in [7, 11) is 0. The first kappa shape index (κ1) is 19.2. The summed E-state index contributed by atoms with van der Waals surface area (Å²) in [6.45, 7) is 6.80. The van der Waals surface area contributed by atoms with E-state index in [0.717, 1.165) is 49.1 Å². The summed E-state index contributed by atoms with van der Waals surface area (Å²) < 4.78 is 0. The highest BCUT2D eigenvalue weighted by molar-refractivity contribution is 6.14. The molecule has 0 bridgehead atoms. The van der Waals surface area contributed by atoms with Gasteiger partial charge >= 0.3 is 0 Å². The number of fused-ring (bicyclic) bond motifs is 1. The van der Waals surface area contributed by atoms with Gasteiger partial charge in [0.2, 0.25) is 11.9 Å². The van der Waals surface area contributed by atoms with Crippen molar-refractivity contribution in [2.24, 2.45) is 10.9 Å². The van der Waals surface area contributed by atoms with Crippen molar-refractivity contribution in [1.29, 1.82) is 0 Å². The number of hydrogen-bond donors (Lipinski definition) is 2. The Bertz CT molecular complexity index is 988. The maximum Gasteiger partial charge on any atom is 0.276 e. The fraction of sp³-hybridized carbons (Fsp3) is 0.429. The highest BCUT2D eigenvalue weighted by Gasteiger charge is 2.32. The average molecular weight is 394 g/mol. The molecule has 2 amide bonds. The number of aliphatic imine (C=N–C) groups is 1. The average Bonchev–Trinajstić information content (AvgIpc) is 3.33. The van der Waals surface area contributed by atoms with E-state index in [1.165, 1.54) is 0 Å². The van der Waals surface area contributed by atoms with Crippen LogP contribution < -0.4 is 5.32 Å². The molecule has 1 unspecified atom stereocenters. The molecule has 0 radical (unpaired) electrons. The third kappa shape index (κ3) is 3.74. The molecule has 4 rings (SSSR count). The van der Waals surface area contributed by atoms with E-state index >= 15 is 0 Å². The first-order chi connectivity index (χ1) is 14.1. The summed E-state index contributed by atoms with van der Waals surface area (Å²) in [6, 6.07) is 3.82. The fourth-order valence-electron chi connectivity index (χ4n) is 4.01. The third-order valence-electron chi connectivity index (χ3n) is 5.60. The smallest absolute Gasteiger partial charge is 0.276 e. The normalized spacial score (nSPS) is 20.8. The second kappa shape index (κ2) is 8.06. The van der Waals surface area contributed by atoms with Gasteiger partial charge in [-0.15, -0.1) is 0 Å². The molecule has 8 nitrogen and oxygen atoms in total. The number of nitrogens with one attached hydrogen (secondary N) is 2. The van der Waals surface area contributed by atoms with E-state index in [9.17, 15) is 9.59 Å². The molecule has 8 heteroatoms. The lowest BCUT2D eigenvalue weighted by atomic mass is 9.96. The predicted molar refractivity (Wildman–Crippen MR) is 112 cm³/mol. The highest BCUT2D eigenvalue weighted by atomic mass is 16.2. The molecule has 1 saturated heterocycles. The van der Waals surface area contributed by atoms with Crippen LogP contribution >= 0.6 is 0 Å². The van der Waals surface area contributed by atoms with Crippen molar-refractivity contribution in [2.75, 3.05) is 26.2 Å². The van der Waals surface area contributed by atoms with E-state index in [1.807, 2.05) is 42.0 Å². The quantitative estimate of drug-likeness (QED) is 0.776. The first-order valence-electron chi connectivity index (χ1n) is 10.2. The monoisotopic (exact) mass is 394 g/mol. The van der Waals surface area contributed by atoms with Crippen LogP contribution in [0.4, 0.5) is 0 Å². The lowest BCUT2D eigenvalue weighted by Gasteiger charge is -2.35. The van der Waals surface area contributed by atoms with Gasteiger partial charge in [-0.25, -0.2) is 9.98 Å². The number of H-pyrrole nitrogens is 1. The molecule has 29 heavy (non-hydrogen) atoms. The summed E-state index contributed by atoms with van der Waals surface area (Å²) in [4.78, 5) is 41.0. The first-order valence-corrected chi connectivity index (χ1v) is 10.2. The number of likely N-dealkylation sites (tertiary alicyclic amines) is 1. The Kier molecular flexibility index (Phi) is 5.33. The van der Waals surface area contributed by atoms with Crippen molar-refractivity contribution in [3.8, 4) is 0 Å². The number of amides is 2. The van der Waals surface area contributed by atoms with Gasteiger partial charge in [0.25, 0.3) is 5.91 Å². The Morgan fingerprint density at radius 3 is 3.00 bits per heavy atom. The zero-order valence-electron chi connectivity index (χ0n) is 16.8. The molecule has 0 aliphatic carbocycles. The number of carbonyl (C=O) groups excluding carboxylic acids is 2. The molecular weight excluding hydrogens is 368 g/mol. The van der Waals surface area contributed by atoms with E-state index in [2.05, 4.69) is 20.3 Å². The summed E-state index contributed by atoms with van der Waals surface area (Å²) in [5.41, 5.74) is 2.01. The van der Waals surface area contributed by atoms with Crippen molar-refractivity contribution in [1.82, 2.24) is 25.1 Å². The number of carbonyl (C=O) groups is 2. The molecule has 0 saturated carbocycles. The van der Waals surface area contributed by atoms with Crippen LogP contribution in [0.1, 0.15) is 32.3 Å². The zero-order chi connectivity index (χ0) is 20.4. The van der Waals surface area contributed by atoms with Gasteiger partial charge in [-0.1, -0.05) is 0 Å². The maximum absolute atomic E-state index is 12.7.